The van der Waals surface area contributed by atoms with E-state index in [2.05, 4.69) is 0 Å². The average Bonchev–Trinajstić information content (AvgIpc) is 2.86. The van der Waals surface area contributed by atoms with Crippen molar-refractivity contribution in [1.29, 1.82) is 0 Å². The number of aryl methyl sites for hydroxylation is 1. The number of fused-ring (bicyclic) bond motifs is 1. The number of rotatable bonds is 3. The molecule has 0 saturated carbocycles. The summed E-state index contributed by atoms with van der Waals surface area (Å²) in [7, 11) is 0. The monoisotopic (exact) mass is 297 g/mol. The molecule has 6 nitrogen and oxygen atoms in total. The zero-order chi connectivity index (χ0) is 15.9. The van der Waals surface area contributed by atoms with E-state index in [1.807, 2.05) is 13.0 Å². The number of aromatic carboxylic acids is 1. The fourth-order valence-corrected chi connectivity index (χ4v) is 2.38. The van der Waals surface area contributed by atoms with Gasteiger partial charge in [-0.05, 0) is 42.3 Å². The van der Waals surface area contributed by atoms with E-state index >= 15 is 0 Å². The van der Waals surface area contributed by atoms with E-state index in [9.17, 15) is 14.9 Å². The van der Waals surface area contributed by atoms with E-state index in [-0.39, 0.29) is 11.4 Å². The van der Waals surface area contributed by atoms with Crippen LogP contribution in [0.1, 0.15) is 15.9 Å². The van der Waals surface area contributed by atoms with E-state index in [0.29, 0.717) is 22.1 Å². The lowest BCUT2D eigenvalue weighted by atomic mass is 10.0. The van der Waals surface area contributed by atoms with Gasteiger partial charge < -0.3 is 9.52 Å². The second kappa shape index (κ2) is 5.00. The molecule has 0 fully saturated rings. The molecule has 0 aliphatic heterocycles. The molecule has 110 valence electrons. The van der Waals surface area contributed by atoms with Gasteiger partial charge in [-0.3, -0.25) is 10.1 Å². The number of hydrogen-bond acceptors (Lipinski definition) is 4. The van der Waals surface area contributed by atoms with Gasteiger partial charge in [0.1, 0.15) is 16.1 Å². The molecular weight excluding hydrogens is 286 g/mol. The minimum absolute atomic E-state index is 0.120. The molecule has 0 aliphatic rings. The predicted molar refractivity (Wildman–Crippen MR) is 80.0 cm³/mol. The zero-order valence-corrected chi connectivity index (χ0v) is 11.6. The van der Waals surface area contributed by atoms with Crippen LogP contribution in [0.3, 0.4) is 0 Å². The number of benzene rings is 2. The highest BCUT2D eigenvalue weighted by Gasteiger charge is 2.25. The molecule has 0 saturated heterocycles. The van der Waals surface area contributed by atoms with Crippen molar-refractivity contribution in [3.63, 3.8) is 0 Å². The maximum atomic E-state index is 11.2. The van der Waals surface area contributed by atoms with Crippen molar-refractivity contribution in [3.05, 3.63) is 63.7 Å². The summed E-state index contributed by atoms with van der Waals surface area (Å²) in [6.45, 7) is 1.87. The van der Waals surface area contributed by atoms with Crippen molar-refractivity contribution in [3.8, 4) is 11.1 Å². The van der Waals surface area contributed by atoms with Crippen LogP contribution in [-0.2, 0) is 0 Å². The van der Waals surface area contributed by atoms with E-state index in [1.54, 1.807) is 24.3 Å². The fourth-order valence-electron chi connectivity index (χ4n) is 2.38. The Kier molecular flexibility index (Phi) is 3.14. The Morgan fingerprint density at radius 2 is 1.86 bits per heavy atom. The van der Waals surface area contributed by atoms with Gasteiger partial charge in [-0.2, -0.15) is 0 Å². The summed E-state index contributed by atoms with van der Waals surface area (Å²) < 4.78 is 5.36. The Labute approximate surface area is 124 Å². The number of carboxylic acids is 1. The molecule has 0 radical (unpaired) electrons. The molecule has 0 bridgehead atoms. The van der Waals surface area contributed by atoms with Gasteiger partial charge >= 0.3 is 11.9 Å². The number of furan rings is 1. The summed E-state index contributed by atoms with van der Waals surface area (Å²) in [4.78, 5) is 21.6. The lowest BCUT2D eigenvalue weighted by molar-refractivity contribution is -0.400. The normalized spacial score (nSPS) is 10.8. The summed E-state index contributed by atoms with van der Waals surface area (Å²) in [5, 5.41) is 20.8. The second-order valence-electron chi connectivity index (χ2n) is 4.92. The highest BCUT2D eigenvalue weighted by atomic mass is 16.6. The van der Waals surface area contributed by atoms with Crippen molar-refractivity contribution < 1.29 is 19.2 Å². The van der Waals surface area contributed by atoms with Crippen LogP contribution in [0.2, 0.25) is 0 Å². The van der Waals surface area contributed by atoms with Crippen LogP contribution in [0, 0.1) is 17.0 Å². The van der Waals surface area contributed by atoms with Gasteiger partial charge in [0.15, 0.2) is 0 Å². The Morgan fingerprint density at radius 3 is 2.45 bits per heavy atom. The molecule has 3 rings (SSSR count). The van der Waals surface area contributed by atoms with Crippen LogP contribution in [-0.4, -0.2) is 16.0 Å². The number of nitrogens with zero attached hydrogens (tertiary/aromatic N) is 1. The molecule has 2 aromatic carbocycles. The highest BCUT2D eigenvalue weighted by molar-refractivity contribution is 5.99. The summed E-state index contributed by atoms with van der Waals surface area (Å²) in [5.41, 5.74) is 2.39. The smallest absolute Gasteiger partial charge is 0.442 e. The number of carboxylic acid groups (broad SMARTS) is 1. The molecule has 0 spiro atoms. The topological polar surface area (TPSA) is 93.6 Å². The van der Waals surface area contributed by atoms with Gasteiger partial charge in [0.05, 0.1) is 5.56 Å². The first-order valence-electron chi connectivity index (χ1n) is 6.48. The van der Waals surface area contributed by atoms with Crippen molar-refractivity contribution in [2.24, 2.45) is 0 Å². The van der Waals surface area contributed by atoms with Gasteiger partial charge in [-0.1, -0.05) is 18.2 Å². The minimum atomic E-state index is -1.05. The van der Waals surface area contributed by atoms with Crippen molar-refractivity contribution in [1.82, 2.24) is 0 Å². The lowest BCUT2D eigenvalue weighted by Crippen LogP contribution is -1.95. The minimum Gasteiger partial charge on any atom is -0.478 e. The van der Waals surface area contributed by atoms with Crippen molar-refractivity contribution in [2.75, 3.05) is 0 Å². The van der Waals surface area contributed by atoms with E-state index in [1.165, 1.54) is 12.1 Å². The van der Waals surface area contributed by atoms with Crippen LogP contribution in [0.4, 0.5) is 5.88 Å². The standard InChI is InChI=1S/C16H11NO5/c1-9-2-7-12-13(8-9)22-15(17(20)21)14(12)10-3-5-11(6-4-10)16(18)19/h2-8H,1H3,(H,18,19). The maximum Gasteiger partial charge on any atom is 0.442 e. The Morgan fingerprint density at radius 1 is 1.18 bits per heavy atom. The third-order valence-corrected chi connectivity index (χ3v) is 3.41. The SMILES string of the molecule is Cc1ccc2c(-c3ccc(C(=O)O)cc3)c([N+](=O)[O-])oc2c1. The maximum absolute atomic E-state index is 11.2. The Balaban J connectivity index is 2.26. The number of carbonyl (C=O) groups is 1. The first-order valence-corrected chi connectivity index (χ1v) is 6.48. The van der Waals surface area contributed by atoms with Gasteiger partial charge in [0, 0.05) is 5.39 Å². The van der Waals surface area contributed by atoms with Gasteiger partial charge in [0.2, 0.25) is 0 Å². The van der Waals surface area contributed by atoms with Crippen LogP contribution in [0.15, 0.2) is 46.9 Å². The van der Waals surface area contributed by atoms with Crippen LogP contribution in [0.25, 0.3) is 22.1 Å². The summed E-state index contributed by atoms with van der Waals surface area (Å²) in [6, 6.07) is 11.2. The van der Waals surface area contributed by atoms with E-state index < -0.39 is 10.9 Å². The molecule has 0 aliphatic carbocycles. The molecule has 0 amide bonds. The zero-order valence-electron chi connectivity index (χ0n) is 11.6. The summed E-state index contributed by atoms with van der Waals surface area (Å²) in [5.74, 6) is -1.39. The van der Waals surface area contributed by atoms with Crippen LogP contribution in [0.5, 0.6) is 0 Å². The molecule has 0 unspecified atom stereocenters. The fraction of sp³-hybridized carbons (Fsp3) is 0.0625. The first kappa shape index (κ1) is 13.8. The molecule has 22 heavy (non-hydrogen) atoms. The molecule has 6 heteroatoms. The number of hydrogen-bond donors (Lipinski definition) is 1. The molecule has 3 aromatic rings. The van der Waals surface area contributed by atoms with Crippen LogP contribution < -0.4 is 0 Å². The van der Waals surface area contributed by atoms with E-state index in [4.69, 9.17) is 9.52 Å². The Hall–Kier alpha value is -3.15. The van der Waals surface area contributed by atoms with E-state index in [0.717, 1.165) is 5.56 Å². The third kappa shape index (κ3) is 2.20. The largest absolute Gasteiger partial charge is 0.478 e. The second-order valence-corrected chi connectivity index (χ2v) is 4.92. The van der Waals surface area contributed by atoms with Crippen molar-refractivity contribution in [2.45, 2.75) is 6.92 Å². The first-order chi connectivity index (χ1) is 10.5. The molecule has 1 N–H and O–H groups in total. The lowest BCUT2D eigenvalue weighted by Gasteiger charge is -2.00. The molecular formula is C16H11NO5. The average molecular weight is 297 g/mol. The highest BCUT2D eigenvalue weighted by Crippen LogP contribution is 2.40. The molecule has 1 heterocycles. The summed E-state index contributed by atoms with van der Waals surface area (Å²) >= 11 is 0. The molecule has 0 atom stereocenters. The van der Waals surface area contributed by atoms with Crippen molar-refractivity contribution >= 4 is 22.8 Å². The third-order valence-electron chi connectivity index (χ3n) is 3.41. The Bertz CT molecular complexity index is 893. The van der Waals surface area contributed by atoms with Gasteiger partial charge in [-0.15, -0.1) is 0 Å². The van der Waals surface area contributed by atoms with Gasteiger partial charge in [0.25, 0.3) is 0 Å². The quantitative estimate of drug-likeness (QED) is 0.582. The summed E-state index contributed by atoms with van der Waals surface area (Å²) in [6.07, 6.45) is 0. The van der Waals surface area contributed by atoms with Gasteiger partial charge in [-0.25, -0.2) is 4.79 Å². The molecule has 1 aromatic heterocycles. The number of nitro groups is 1. The predicted octanol–water partition coefficient (Wildman–Crippen LogP) is 4.01. The van der Waals surface area contributed by atoms with Crippen LogP contribution >= 0.6 is 0 Å².